The Morgan fingerprint density at radius 3 is 2.71 bits per heavy atom. The molecule has 4 aromatic rings. The largest absolute Gasteiger partial charge is 0.481 e. The van der Waals surface area contributed by atoms with Crippen LogP contribution in [0.25, 0.3) is 32.1 Å². The highest BCUT2D eigenvalue weighted by Gasteiger charge is 2.16. The molecule has 0 bridgehead atoms. The number of nitrogens with zero attached hydrogens (tertiary/aromatic N) is 2. The SMILES string of the molecule is CCc1nc2scc(-c3ccc4ccccc4c3)c2c(=O)n1CCCC(=O)O. The average Bonchev–Trinajstić information content (AvgIpc) is 3.13. The molecular weight excluding hydrogens is 372 g/mol. The smallest absolute Gasteiger partial charge is 0.303 e. The highest BCUT2D eigenvalue weighted by molar-refractivity contribution is 7.17. The zero-order valence-electron chi connectivity index (χ0n) is 15.5. The molecule has 0 spiro atoms. The van der Waals surface area contributed by atoms with Gasteiger partial charge in [0.15, 0.2) is 0 Å². The summed E-state index contributed by atoms with van der Waals surface area (Å²) in [6, 6.07) is 14.3. The lowest BCUT2D eigenvalue weighted by Gasteiger charge is -2.11. The Kier molecular flexibility index (Phi) is 4.96. The molecule has 1 N–H and O–H groups in total. The number of benzene rings is 2. The second-order valence-electron chi connectivity index (χ2n) is 6.73. The minimum Gasteiger partial charge on any atom is -0.481 e. The number of rotatable bonds is 6. The molecule has 4 rings (SSSR count). The number of aliphatic carboxylic acids is 1. The first-order valence-electron chi connectivity index (χ1n) is 9.30. The van der Waals surface area contributed by atoms with Gasteiger partial charge in [-0.05, 0) is 28.8 Å². The van der Waals surface area contributed by atoms with E-state index in [4.69, 9.17) is 10.1 Å². The van der Waals surface area contributed by atoms with Crippen molar-refractivity contribution in [3.8, 4) is 11.1 Å². The monoisotopic (exact) mass is 392 g/mol. The van der Waals surface area contributed by atoms with Crippen LogP contribution in [-0.2, 0) is 17.8 Å². The third-order valence-corrected chi connectivity index (χ3v) is 5.79. The van der Waals surface area contributed by atoms with Crippen molar-refractivity contribution in [2.45, 2.75) is 32.7 Å². The van der Waals surface area contributed by atoms with Crippen molar-refractivity contribution in [1.29, 1.82) is 0 Å². The van der Waals surface area contributed by atoms with Crippen molar-refractivity contribution in [3.05, 3.63) is 64.0 Å². The van der Waals surface area contributed by atoms with Gasteiger partial charge in [0.05, 0.1) is 5.39 Å². The van der Waals surface area contributed by atoms with Crippen LogP contribution >= 0.6 is 11.3 Å². The lowest BCUT2D eigenvalue weighted by atomic mass is 10.0. The van der Waals surface area contributed by atoms with E-state index in [2.05, 4.69) is 24.3 Å². The van der Waals surface area contributed by atoms with Gasteiger partial charge in [-0.3, -0.25) is 14.2 Å². The maximum atomic E-state index is 13.3. The van der Waals surface area contributed by atoms with Crippen LogP contribution in [0.3, 0.4) is 0 Å². The first-order chi connectivity index (χ1) is 13.6. The Labute approximate surface area is 165 Å². The lowest BCUT2D eigenvalue weighted by molar-refractivity contribution is -0.137. The van der Waals surface area contributed by atoms with Crippen molar-refractivity contribution in [2.75, 3.05) is 0 Å². The second kappa shape index (κ2) is 7.56. The minimum atomic E-state index is -0.854. The molecule has 5 nitrogen and oxygen atoms in total. The molecule has 0 unspecified atom stereocenters. The van der Waals surface area contributed by atoms with Gasteiger partial charge in [0, 0.05) is 30.3 Å². The number of aromatic nitrogens is 2. The number of thiophene rings is 1. The quantitative estimate of drug-likeness (QED) is 0.516. The summed E-state index contributed by atoms with van der Waals surface area (Å²) < 4.78 is 1.64. The summed E-state index contributed by atoms with van der Waals surface area (Å²) in [6.45, 7) is 2.32. The zero-order valence-corrected chi connectivity index (χ0v) is 16.3. The maximum Gasteiger partial charge on any atom is 0.303 e. The fourth-order valence-corrected chi connectivity index (χ4v) is 4.48. The Morgan fingerprint density at radius 2 is 1.96 bits per heavy atom. The predicted octanol–water partition coefficient (Wildman–Crippen LogP) is 4.71. The standard InChI is InChI=1S/C22H20N2O3S/c1-2-18-23-21-20(22(27)24(18)11-5-8-19(25)26)17(13-28-21)16-10-9-14-6-3-4-7-15(14)12-16/h3-4,6-7,9-10,12-13H,2,5,8,11H2,1H3,(H,25,26). The Balaban J connectivity index is 1.85. The van der Waals surface area contributed by atoms with Crippen molar-refractivity contribution in [3.63, 3.8) is 0 Å². The van der Waals surface area contributed by atoms with Crippen LogP contribution in [0, 0.1) is 0 Å². The second-order valence-corrected chi connectivity index (χ2v) is 7.59. The van der Waals surface area contributed by atoms with Gasteiger partial charge in [0.25, 0.3) is 5.56 Å². The molecule has 0 aliphatic carbocycles. The van der Waals surface area contributed by atoms with E-state index < -0.39 is 5.97 Å². The van der Waals surface area contributed by atoms with E-state index >= 15 is 0 Å². The highest BCUT2D eigenvalue weighted by Crippen LogP contribution is 2.33. The molecule has 2 heterocycles. The normalized spacial score (nSPS) is 11.3. The summed E-state index contributed by atoms with van der Waals surface area (Å²) in [5.41, 5.74) is 1.79. The summed E-state index contributed by atoms with van der Waals surface area (Å²) >= 11 is 1.48. The molecule has 142 valence electrons. The molecule has 0 aliphatic heterocycles. The first kappa shape index (κ1) is 18.4. The van der Waals surface area contributed by atoms with Crippen LogP contribution in [0.2, 0.25) is 0 Å². The Hall–Kier alpha value is -2.99. The van der Waals surface area contributed by atoms with Gasteiger partial charge in [0.2, 0.25) is 0 Å². The number of carboxylic acids is 1. The molecule has 0 radical (unpaired) electrons. The molecule has 0 atom stereocenters. The van der Waals surface area contributed by atoms with Gasteiger partial charge < -0.3 is 5.11 Å². The van der Waals surface area contributed by atoms with Crippen LogP contribution in [0.15, 0.2) is 52.6 Å². The highest BCUT2D eigenvalue weighted by atomic mass is 32.1. The summed E-state index contributed by atoms with van der Waals surface area (Å²) in [4.78, 5) is 29.6. The van der Waals surface area contributed by atoms with E-state index in [-0.39, 0.29) is 12.0 Å². The molecule has 2 aromatic carbocycles. The predicted molar refractivity (Wildman–Crippen MR) is 113 cm³/mol. The lowest BCUT2D eigenvalue weighted by Crippen LogP contribution is -2.25. The fourth-order valence-electron chi connectivity index (χ4n) is 3.52. The van der Waals surface area contributed by atoms with Crippen LogP contribution in [0.4, 0.5) is 0 Å². The van der Waals surface area contributed by atoms with Gasteiger partial charge in [0.1, 0.15) is 10.7 Å². The molecule has 0 saturated heterocycles. The molecule has 2 aromatic heterocycles. The molecule has 0 fully saturated rings. The van der Waals surface area contributed by atoms with E-state index in [1.54, 1.807) is 4.57 Å². The van der Waals surface area contributed by atoms with E-state index in [0.717, 1.165) is 26.7 Å². The molecule has 0 saturated carbocycles. The maximum absolute atomic E-state index is 13.3. The average molecular weight is 392 g/mol. The first-order valence-corrected chi connectivity index (χ1v) is 10.2. The van der Waals surface area contributed by atoms with Crippen LogP contribution in [0.5, 0.6) is 0 Å². The van der Waals surface area contributed by atoms with Crippen molar-refractivity contribution < 1.29 is 9.90 Å². The molecule has 28 heavy (non-hydrogen) atoms. The number of aryl methyl sites for hydroxylation is 1. The van der Waals surface area contributed by atoms with E-state index in [1.165, 1.54) is 11.3 Å². The molecule has 0 amide bonds. The van der Waals surface area contributed by atoms with E-state index in [0.29, 0.717) is 30.6 Å². The molecular formula is C22H20N2O3S. The van der Waals surface area contributed by atoms with Crippen LogP contribution < -0.4 is 5.56 Å². The van der Waals surface area contributed by atoms with Crippen molar-refractivity contribution >= 4 is 38.3 Å². The fraction of sp³-hybridized carbons (Fsp3) is 0.227. The number of carbonyl (C=O) groups is 1. The summed E-state index contributed by atoms with van der Waals surface area (Å²) in [7, 11) is 0. The van der Waals surface area contributed by atoms with Gasteiger partial charge in [-0.2, -0.15) is 0 Å². The van der Waals surface area contributed by atoms with Crippen LogP contribution in [-0.4, -0.2) is 20.6 Å². The van der Waals surface area contributed by atoms with Gasteiger partial charge in [-0.25, -0.2) is 4.98 Å². The number of carboxylic acid groups (broad SMARTS) is 1. The number of hydrogen-bond donors (Lipinski definition) is 1. The summed E-state index contributed by atoms with van der Waals surface area (Å²) in [6.07, 6.45) is 1.07. The molecule has 0 aliphatic rings. The van der Waals surface area contributed by atoms with E-state index in [1.807, 2.05) is 30.5 Å². The molecule has 6 heteroatoms. The summed E-state index contributed by atoms with van der Waals surface area (Å²) in [5, 5.41) is 13.8. The van der Waals surface area contributed by atoms with Crippen LogP contribution in [0.1, 0.15) is 25.6 Å². The topological polar surface area (TPSA) is 72.2 Å². The van der Waals surface area contributed by atoms with Gasteiger partial charge in [-0.1, -0.05) is 43.3 Å². The van der Waals surface area contributed by atoms with Crippen molar-refractivity contribution in [1.82, 2.24) is 9.55 Å². The summed E-state index contributed by atoms with van der Waals surface area (Å²) in [5.74, 6) is -0.151. The van der Waals surface area contributed by atoms with Crippen molar-refractivity contribution in [2.24, 2.45) is 0 Å². The van der Waals surface area contributed by atoms with Gasteiger partial charge in [-0.15, -0.1) is 11.3 Å². The number of hydrogen-bond acceptors (Lipinski definition) is 4. The zero-order chi connectivity index (χ0) is 19.7. The Morgan fingerprint density at radius 1 is 1.18 bits per heavy atom. The third kappa shape index (κ3) is 3.31. The third-order valence-electron chi connectivity index (χ3n) is 4.92. The van der Waals surface area contributed by atoms with Gasteiger partial charge >= 0.3 is 5.97 Å². The Bertz CT molecular complexity index is 1240. The van der Waals surface area contributed by atoms with E-state index in [9.17, 15) is 9.59 Å². The number of fused-ring (bicyclic) bond motifs is 2. The minimum absolute atomic E-state index is 0.0365.